The number of allylic oxidation sites excluding steroid dienone is 2. The summed E-state index contributed by atoms with van der Waals surface area (Å²) in [7, 11) is 0. The molecule has 0 amide bonds. The van der Waals surface area contributed by atoms with Gasteiger partial charge in [0, 0.05) is 11.0 Å². The lowest BCUT2D eigenvalue weighted by molar-refractivity contribution is -0.120. The van der Waals surface area contributed by atoms with Crippen molar-refractivity contribution in [2.45, 2.75) is 20.3 Å². The number of carbonyl (C=O) groups is 1. The number of hydrogen-bond donors (Lipinski definition) is 0. The van der Waals surface area contributed by atoms with Crippen LogP contribution in [0.3, 0.4) is 0 Å². The third kappa shape index (κ3) is 1.39. The maximum Gasteiger partial charge on any atom is 0.169 e. The van der Waals surface area contributed by atoms with Crippen LogP contribution in [0, 0.1) is 5.41 Å². The molecule has 0 heterocycles. The van der Waals surface area contributed by atoms with Crippen molar-refractivity contribution in [2.75, 3.05) is 0 Å². The van der Waals surface area contributed by atoms with Crippen LogP contribution in [-0.2, 0) is 4.79 Å². The number of benzene rings is 1. The number of carbonyl (C=O) groups excluding carboxylic acids is 1. The summed E-state index contributed by atoms with van der Waals surface area (Å²) < 4.78 is 0. The highest BCUT2D eigenvalue weighted by Gasteiger charge is 2.34. The quantitative estimate of drug-likeness (QED) is 0.658. The molecule has 0 spiro atoms. The first-order chi connectivity index (χ1) is 6.61. The highest BCUT2D eigenvalue weighted by molar-refractivity contribution is 6.25. The molecule has 1 aliphatic carbocycles. The SMILES string of the molecule is CC1(C)CC=C(c2ccccc2)C1=O. The minimum absolute atomic E-state index is 0.203. The summed E-state index contributed by atoms with van der Waals surface area (Å²) in [5.41, 5.74) is 1.73. The lowest BCUT2D eigenvalue weighted by Gasteiger charge is -2.15. The van der Waals surface area contributed by atoms with E-state index in [0.29, 0.717) is 0 Å². The molecule has 0 fully saturated rings. The number of Topliss-reactive ketones (excluding diaryl/α,β-unsaturated/α-hetero) is 1. The summed E-state index contributed by atoms with van der Waals surface area (Å²) in [6, 6.07) is 9.88. The zero-order chi connectivity index (χ0) is 10.2. The van der Waals surface area contributed by atoms with Crippen LogP contribution in [0.1, 0.15) is 25.8 Å². The van der Waals surface area contributed by atoms with Crippen molar-refractivity contribution in [3.8, 4) is 0 Å². The van der Waals surface area contributed by atoms with Crippen molar-refractivity contribution in [1.29, 1.82) is 0 Å². The fourth-order valence-electron chi connectivity index (χ4n) is 1.77. The molecule has 0 aliphatic heterocycles. The van der Waals surface area contributed by atoms with Gasteiger partial charge in [-0.15, -0.1) is 0 Å². The topological polar surface area (TPSA) is 17.1 Å². The predicted octanol–water partition coefficient (Wildman–Crippen LogP) is 3.07. The molecular weight excluding hydrogens is 172 g/mol. The summed E-state index contributed by atoms with van der Waals surface area (Å²) in [5, 5.41) is 0. The smallest absolute Gasteiger partial charge is 0.169 e. The Labute approximate surface area is 84.5 Å². The van der Waals surface area contributed by atoms with E-state index in [1.54, 1.807) is 0 Å². The molecule has 0 saturated carbocycles. The number of rotatable bonds is 1. The lowest BCUT2D eigenvalue weighted by atomic mass is 9.87. The van der Waals surface area contributed by atoms with Crippen LogP contribution < -0.4 is 0 Å². The standard InChI is InChI=1S/C13H14O/c1-13(2)9-8-11(12(13)14)10-6-4-3-5-7-10/h3-8H,9H2,1-2H3. The molecule has 1 aromatic rings. The van der Waals surface area contributed by atoms with E-state index in [1.807, 2.05) is 44.2 Å². The minimum Gasteiger partial charge on any atom is -0.294 e. The van der Waals surface area contributed by atoms with E-state index in [4.69, 9.17) is 0 Å². The van der Waals surface area contributed by atoms with Crippen LogP contribution >= 0.6 is 0 Å². The van der Waals surface area contributed by atoms with Gasteiger partial charge in [0.15, 0.2) is 5.78 Å². The van der Waals surface area contributed by atoms with Crippen LogP contribution in [0.15, 0.2) is 36.4 Å². The first-order valence-electron chi connectivity index (χ1n) is 4.92. The number of ketones is 1. The second-order valence-corrected chi connectivity index (χ2v) is 4.40. The molecule has 14 heavy (non-hydrogen) atoms. The van der Waals surface area contributed by atoms with Crippen LogP contribution in [0.2, 0.25) is 0 Å². The Morgan fingerprint density at radius 2 is 1.79 bits per heavy atom. The molecule has 0 atom stereocenters. The molecule has 0 bridgehead atoms. The Balaban J connectivity index is 2.36. The van der Waals surface area contributed by atoms with E-state index < -0.39 is 0 Å². The third-order valence-electron chi connectivity index (χ3n) is 2.76. The summed E-state index contributed by atoms with van der Waals surface area (Å²) >= 11 is 0. The maximum atomic E-state index is 12.0. The van der Waals surface area contributed by atoms with Gasteiger partial charge >= 0.3 is 0 Å². The van der Waals surface area contributed by atoms with Gasteiger partial charge in [0.2, 0.25) is 0 Å². The molecule has 1 aromatic carbocycles. The second-order valence-electron chi connectivity index (χ2n) is 4.40. The van der Waals surface area contributed by atoms with E-state index >= 15 is 0 Å². The van der Waals surface area contributed by atoms with Gasteiger partial charge in [-0.05, 0) is 12.0 Å². The first kappa shape index (κ1) is 9.20. The zero-order valence-electron chi connectivity index (χ0n) is 8.58. The molecule has 1 aliphatic rings. The van der Waals surface area contributed by atoms with Crippen molar-refractivity contribution in [1.82, 2.24) is 0 Å². The molecule has 0 radical (unpaired) electrons. The van der Waals surface area contributed by atoms with Crippen molar-refractivity contribution >= 4 is 11.4 Å². The van der Waals surface area contributed by atoms with Crippen molar-refractivity contribution in [2.24, 2.45) is 5.41 Å². The molecule has 2 rings (SSSR count). The normalized spacial score (nSPS) is 19.6. The summed E-state index contributed by atoms with van der Waals surface area (Å²) in [4.78, 5) is 12.0. The number of hydrogen-bond acceptors (Lipinski definition) is 1. The van der Waals surface area contributed by atoms with Gasteiger partial charge < -0.3 is 0 Å². The first-order valence-corrected chi connectivity index (χ1v) is 4.92. The second kappa shape index (κ2) is 3.09. The van der Waals surface area contributed by atoms with Gasteiger partial charge in [0.25, 0.3) is 0 Å². The Kier molecular flexibility index (Phi) is 2.03. The Hall–Kier alpha value is -1.37. The highest BCUT2D eigenvalue weighted by Crippen LogP contribution is 2.37. The lowest BCUT2D eigenvalue weighted by Crippen LogP contribution is -2.18. The molecule has 1 heteroatoms. The average Bonchev–Trinajstić information content (AvgIpc) is 2.44. The van der Waals surface area contributed by atoms with Gasteiger partial charge in [0.1, 0.15) is 0 Å². The van der Waals surface area contributed by atoms with Gasteiger partial charge in [-0.2, -0.15) is 0 Å². The maximum absolute atomic E-state index is 12.0. The fraction of sp³-hybridized carbons (Fsp3) is 0.308. The zero-order valence-corrected chi connectivity index (χ0v) is 8.58. The van der Waals surface area contributed by atoms with Gasteiger partial charge in [-0.3, -0.25) is 4.79 Å². The minimum atomic E-state index is -0.203. The molecule has 0 unspecified atom stereocenters. The third-order valence-corrected chi connectivity index (χ3v) is 2.76. The molecule has 0 aromatic heterocycles. The predicted molar refractivity (Wildman–Crippen MR) is 57.8 cm³/mol. The van der Waals surface area contributed by atoms with Crippen LogP contribution in [0.25, 0.3) is 5.57 Å². The summed E-state index contributed by atoms with van der Waals surface area (Å²) in [5.74, 6) is 0.267. The fourth-order valence-corrected chi connectivity index (χ4v) is 1.77. The van der Waals surface area contributed by atoms with E-state index in [9.17, 15) is 4.79 Å². The molecule has 72 valence electrons. The van der Waals surface area contributed by atoms with E-state index in [-0.39, 0.29) is 11.2 Å². The van der Waals surface area contributed by atoms with Crippen LogP contribution in [-0.4, -0.2) is 5.78 Å². The Morgan fingerprint density at radius 3 is 2.29 bits per heavy atom. The Bertz CT molecular complexity index is 385. The monoisotopic (exact) mass is 186 g/mol. The van der Waals surface area contributed by atoms with Gasteiger partial charge in [-0.1, -0.05) is 50.3 Å². The molecule has 1 nitrogen and oxygen atoms in total. The van der Waals surface area contributed by atoms with Crippen molar-refractivity contribution < 1.29 is 4.79 Å². The van der Waals surface area contributed by atoms with E-state index in [1.165, 1.54) is 0 Å². The molecule has 0 saturated heterocycles. The summed E-state index contributed by atoms with van der Waals surface area (Å²) in [6.07, 6.45) is 2.91. The average molecular weight is 186 g/mol. The molecule has 0 N–H and O–H groups in total. The van der Waals surface area contributed by atoms with E-state index in [0.717, 1.165) is 17.6 Å². The summed E-state index contributed by atoms with van der Waals surface area (Å²) in [6.45, 7) is 4.00. The van der Waals surface area contributed by atoms with Crippen molar-refractivity contribution in [3.05, 3.63) is 42.0 Å². The van der Waals surface area contributed by atoms with E-state index in [2.05, 4.69) is 6.08 Å². The van der Waals surface area contributed by atoms with Gasteiger partial charge in [0.05, 0.1) is 0 Å². The molecular formula is C13H14O. The van der Waals surface area contributed by atoms with Crippen LogP contribution in [0.4, 0.5) is 0 Å². The largest absolute Gasteiger partial charge is 0.294 e. The van der Waals surface area contributed by atoms with Crippen molar-refractivity contribution in [3.63, 3.8) is 0 Å². The highest BCUT2D eigenvalue weighted by atomic mass is 16.1. The van der Waals surface area contributed by atoms with Gasteiger partial charge in [-0.25, -0.2) is 0 Å². The van der Waals surface area contributed by atoms with Crippen LogP contribution in [0.5, 0.6) is 0 Å². The Morgan fingerprint density at radius 1 is 1.14 bits per heavy atom.